The zero-order chi connectivity index (χ0) is 15.5. The number of hydrogen-bond acceptors (Lipinski definition) is 5. The molecule has 1 aromatic heterocycles. The van der Waals surface area contributed by atoms with Crippen molar-refractivity contribution < 1.29 is 19.5 Å². The summed E-state index contributed by atoms with van der Waals surface area (Å²) in [6.45, 7) is 0. The van der Waals surface area contributed by atoms with Gasteiger partial charge in [0.05, 0.1) is 12.6 Å². The number of carboxylic acid groups (broad SMARTS) is 1. The van der Waals surface area contributed by atoms with Crippen LogP contribution in [-0.4, -0.2) is 22.0 Å². The number of nitrogens with zero attached hydrogens (tertiary/aromatic N) is 2. The Bertz CT molecular complexity index is 713. The van der Waals surface area contributed by atoms with E-state index in [-0.39, 0.29) is 11.8 Å². The van der Waals surface area contributed by atoms with Gasteiger partial charge in [0, 0.05) is 4.47 Å². The van der Waals surface area contributed by atoms with Crippen LogP contribution in [0.25, 0.3) is 0 Å². The molecule has 7 heteroatoms. The number of aromatic carboxylic acids is 1. The third kappa shape index (κ3) is 3.25. The minimum Gasteiger partial charge on any atom is -0.477 e. The predicted octanol–water partition coefficient (Wildman–Crippen LogP) is 3.40. The third-order valence-electron chi connectivity index (χ3n) is 3.07. The van der Waals surface area contributed by atoms with Gasteiger partial charge in [-0.1, -0.05) is 33.2 Å². The lowest BCUT2D eigenvalue weighted by molar-refractivity contribution is 0.0690. The first-order valence-corrected chi connectivity index (χ1v) is 7.26. The first-order valence-electron chi connectivity index (χ1n) is 6.47. The fourth-order valence-electron chi connectivity index (χ4n) is 1.98. The van der Waals surface area contributed by atoms with Crippen LogP contribution in [0.3, 0.4) is 0 Å². The van der Waals surface area contributed by atoms with Crippen molar-refractivity contribution in [3.8, 4) is 5.75 Å². The van der Waals surface area contributed by atoms with E-state index in [0.717, 1.165) is 10.0 Å². The summed E-state index contributed by atoms with van der Waals surface area (Å²) in [5, 5.41) is 12.7. The van der Waals surface area contributed by atoms with E-state index in [1.807, 2.05) is 24.3 Å². The van der Waals surface area contributed by atoms with E-state index < -0.39 is 5.97 Å². The van der Waals surface area contributed by atoms with Gasteiger partial charge in [0.1, 0.15) is 11.4 Å². The second-order valence-electron chi connectivity index (χ2n) is 4.62. The first-order chi connectivity index (χ1) is 10.6. The standard InChI is InChI=1S/C15H11BrN2O4/c16-10-3-1-9(2-4-10)13-7-14(18-22-13)21-11-5-6-12(15(19)20)17-8-11/h1-6,8,13H,7H2,(H,19,20)/t13-/m0/s1. The monoisotopic (exact) mass is 362 g/mol. The quantitative estimate of drug-likeness (QED) is 0.904. The smallest absolute Gasteiger partial charge is 0.354 e. The molecule has 1 atom stereocenters. The first kappa shape index (κ1) is 14.5. The van der Waals surface area contributed by atoms with Crippen molar-refractivity contribution in [2.45, 2.75) is 12.5 Å². The Hall–Kier alpha value is -2.41. The van der Waals surface area contributed by atoms with Crippen LogP contribution in [0, 0.1) is 0 Å². The summed E-state index contributed by atoms with van der Waals surface area (Å²) < 4.78 is 6.54. The number of pyridine rings is 1. The third-order valence-corrected chi connectivity index (χ3v) is 3.60. The lowest BCUT2D eigenvalue weighted by Crippen LogP contribution is -2.08. The second kappa shape index (κ2) is 6.15. The van der Waals surface area contributed by atoms with Crippen LogP contribution in [0.15, 0.2) is 52.2 Å². The molecule has 0 fully saturated rings. The summed E-state index contributed by atoms with van der Waals surface area (Å²) in [6.07, 6.45) is 1.66. The summed E-state index contributed by atoms with van der Waals surface area (Å²) in [5.74, 6) is -0.231. The zero-order valence-corrected chi connectivity index (χ0v) is 12.9. The maximum Gasteiger partial charge on any atom is 0.354 e. The molecule has 1 aliphatic heterocycles. The summed E-state index contributed by atoms with van der Waals surface area (Å²) in [7, 11) is 0. The Morgan fingerprint density at radius 2 is 2.05 bits per heavy atom. The van der Waals surface area contributed by atoms with E-state index in [9.17, 15) is 4.79 Å². The molecule has 0 bridgehead atoms. The lowest BCUT2D eigenvalue weighted by Gasteiger charge is -2.08. The lowest BCUT2D eigenvalue weighted by atomic mass is 10.1. The van der Waals surface area contributed by atoms with Crippen LogP contribution in [0.5, 0.6) is 5.75 Å². The molecule has 112 valence electrons. The van der Waals surface area contributed by atoms with Gasteiger partial charge in [0.15, 0.2) is 6.10 Å². The largest absolute Gasteiger partial charge is 0.477 e. The molecule has 0 radical (unpaired) electrons. The topological polar surface area (TPSA) is 81.0 Å². The minimum absolute atomic E-state index is 0.0373. The molecule has 0 saturated carbocycles. The highest BCUT2D eigenvalue weighted by Gasteiger charge is 2.24. The van der Waals surface area contributed by atoms with E-state index in [1.165, 1.54) is 18.3 Å². The molecule has 2 heterocycles. The maximum absolute atomic E-state index is 10.7. The minimum atomic E-state index is -1.08. The van der Waals surface area contributed by atoms with Crippen LogP contribution < -0.4 is 4.74 Å². The SMILES string of the molecule is O=C(O)c1ccc(OC2=NO[C@H](c3ccc(Br)cc3)C2)cn1. The van der Waals surface area contributed by atoms with Gasteiger partial charge >= 0.3 is 5.97 Å². The molecule has 3 rings (SSSR count). The van der Waals surface area contributed by atoms with E-state index in [0.29, 0.717) is 18.1 Å². The molecule has 1 N–H and O–H groups in total. The van der Waals surface area contributed by atoms with Crippen molar-refractivity contribution in [3.63, 3.8) is 0 Å². The van der Waals surface area contributed by atoms with Crippen LogP contribution in [0.1, 0.15) is 28.6 Å². The second-order valence-corrected chi connectivity index (χ2v) is 5.54. The van der Waals surface area contributed by atoms with Gasteiger partial charge in [-0.05, 0) is 29.8 Å². The molecule has 2 aromatic rings. The summed E-state index contributed by atoms with van der Waals surface area (Å²) in [6, 6.07) is 10.7. The number of ether oxygens (including phenoxy) is 1. The predicted molar refractivity (Wildman–Crippen MR) is 81.8 cm³/mol. The van der Waals surface area contributed by atoms with Crippen molar-refractivity contribution in [2.75, 3.05) is 0 Å². The van der Waals surface area contributed by atoms with Crippen molar-refractivity contribution in [3.05, 3.63) is 58.3 Å². The molecule has 0 saturated heterocycles. The fourth-order valence-corrected chi connectivity index (χ4v) is 2.24. The number of oxime groups is 1. The highest BCUT2D eigenvalue weighted by Crippen LogP contribution is 2.29. The van der Waals surface area contributed by atoms with Crippen molar-refractivity contribution in [2.24, 2.45) is 5.16 Å². The number of benzene rings is 1. The average molecular weight is 363 g/mol. The number of carboxylic acids is 1. The Balaban J connectivity index is 1.63. The molecular formula is C15H11BrN2O4. The van der Waals surface area contributed by atoms with Crippen molar-refractivity contribution in [1.82, 2.24) is 4.98 Å². The highest BCUT2D eigenvalue weighted by molar-refractivity contribution is 9.10. The summed E-state index contributed by atoms with van der Waals surface area (Å²) in [4.78, 5) is 19.9. The van der Waals surface area contributed by atoms with Crippen molar-refractivity contribution in [1.29, 1.82) is 0 Å². The van der Waals surface area contributed by atoms with E-state index >= 15 is 0 Å². The molecule has 6 nitrogen and oxygen atoms in total. The van der Waals surface area contributed by atoms with Crippen LogP contribution >= 0.6 is 15.9 Å². The van der Waals surface area contributed by atoms with Crippen LogP contribution in [0.2, 0.25) is 0 Å². The van der Waals surface area contributed by atoms with Gasteiger partial charge in [0.2, 0.25) is 5.90 Å². The molecule has 0 unspecified atom stereocenters. The molecule has 0 spiro atoms. The number of rotatable bonds is 3. The molecule has 0 amide bonds. The number of aromatic nitrogens is 1. The Morgan fingerprint density at radius 1 is 1.27 bits per heavy atom. The Labute approximate surface area is 134 Å². The molecule has 0 aliphatic carbocycles. The van der Waals surface area contributed by atoms with Crippen molar-refractivity contribution >= 4 is 27.8 Å². The van der Waals surface area contributed by atoms with Gasteiger partial charge in [0.25, 0.3) is 0 Å². The normalized spacial score (nSPS) is 16.8. The van der Waals surface area contributed by atoms with Crippen LogP contribution in [0.4, 0.5) is 0 Å². The maximum atomic E-state index is 10.7. The number of halogens is 1. The Morgan fingerprint density at radius 3 is 2.68 bits per heavy atom. The van der Waals surface area contributed by atoms with Gasteiger partial charge in [-0.2, -0.15) is 0 Å². The van der Waals surface area contributed by atoms with Gasteiger partial charge in [-0.15, -0.1) is 0 Å². The van der Waals surface area contributed by atoms with Gasteiger partial charge in [-0.3, -0.25) is 0 Å². The summed E-state index contributed by atoms with van der Waals surface area (Å²) in [5.41, 5.74) is 0.967. The molecular weight excluding hydrogens is 352 g/mol. The van der Waals surface area contributed by atoms with Gasteiger partial charge < -0.3 is 14.7 Å². The zero-order valence-electron chi connectivity index (χ0n) is 11.3. The van der Waals surface area contributed by atoms with E-state index in [2.05, 4.69) is 26.1 Å². The highest BCUT2D eigenvalue weighted by atomic mass is 79.9. The van der Waals surface area contributed by atoms with Crippen LogP contribution in [-0.2, 0) is 4.84 Å². The van der Waals surface area contributed by atoms with E-state index in [1.54, 1.807) is 0 Å². The molecule has 1 aromatic carbocycles. The number of carbonyl (C=O) groups is 1. The fraction of sp³-hybridized carbons (Fsp3) is 0.133. The average Bonchev–Trinajstić information content (AvgIpc) is 2.97. The molecule has 1 aliphatic rings. The number of hydrogen-bond donors (Lipinski definition) is 1. The van der Waals surface area contributed by atoms with E-state index in [4.69, 9.17) is 14.7 Å². The molecule has 22 heavy (non-hydrogen) atoms. The summed E-state index contributed by atoms with van der Waals surface area (Å²) >= 11 is 3.38. The Kier molecular flexibility index (Phi) is 4.06. The van der Waals surface area contributed by atoms with Gasteiger partial charge in [-0.25, -0.2) is 9.78 Å².